The van der Waals surface area contributed by atoms with E-state index >= 15 is 0 Å². The first-order valence-corrected chi connectivity index (χ1v) is 11.2. The largest absolute Gasteiger partial charge is 0.300 e. The van der Waals surface area contributed by atoms with Crippen LogP contribution in [0.25, 0.3) is 0 Å². The Morgan fingerprint density at radius 2 is 1.44 bits per heavy atom. The zero-order valence-electron chi connectivity index (χ0n) is 16.9. The van der Waals surface area contributed by atoms with Crippen molar-refractivity contribution in [1.29, 1.82) is 0 Å². The lowest BCUT2D eigenvalue weighted by Gasteiger charge is -2.49. The van der Waals surface area contributed by atoms with Gasteiger partial charge >= 0.3 is 0 Å². The van der Waals surface area contributed by atoms with Crippen molar-refractivity contribution in [3.8, 4) is 0 Å². The number of unbranched alkanes of at least 4 members (excludes halogenated alkanes) is 2. The van der Waals surface area contributed by atoms with Crippen LogP contribution in [0, 0.1) is 5.92 Å². The van der Waals surface area contributed by atoms with Crippen LogP contribution in [-0.2, 0) is 5.41 Å². The molecule has 2 bridgehead atoms. The van der Waals surface area contributed by atoms with Crippen molar-refractivity contribution >= 4 is 0 Å². The van der Waals surface area contributed by atoms with Gasteiger partial charge in [-0.15, -0.1) is 0 Å². The molecular formula is C26H35N. The van der Waals surface area contributed by atoms with Crippen LogP contribution in [0.2, 0.25) is 0 Å². The fourth-order valence-corrected chi connectivity index (χ4v) is 5.69. The molecule has 0 N–H and O–H groups in total. The molecule has 2 aromatic rings. The third-order valence-electron chi connectivity index (χ3n) is 7.21. The minimum atomic E-state index is 0.153. The molecule has 144 valence electrons. The lowest BCUT2D eigenvalue weighted by molar-refractivity contribution is 0.0343. The Morgan fingerprint density at radius 1 is 0.852 bits per heavy atom. The van der Waals surface area contributed by atoms with Gasteiger partial charge in [0.05, 0.1) is 0 Å². The molecule has 1 unspecified atom stereocenters. The molecule has 2 aromatic carbocycles. The third-order valence-corrected chi connectivity index (χ3v) is 7.21. The Bertz CT molecular complexity index is 645. The average molecular weight is 362 g/mol. The number of hydrogen-bond acceptors (Lipinski definition) is 1. The van der Waals surface area contributed by atoms with E-state index in [9.17, 15) is 0 Å². The normalized spacial score (nSPS) is 24.9. The van der Waals surface area contributed by atoms with Crippen LogP contribution in [0.5, 0.6) is 0 Å². The van der Waals surface area contributed by atoms with Gasteiger partial charge in [-0.05, 0) is 62.2 Å². The molecule has 0 saturated carbocycles. The Hall–Kier alpha value is -1.60. The Labute approximate surface area is 165 Å². The third kappa shape index (κ3) is 3.99. The zero-order valence-corrected chi connectivity index (χ0v) is 16.9. The van der Waals surface area contributed by atoms with Crippen molar-refractivity contribution in [2.45, 2.75) is 69.7 Å². The highest BCUT2D eigenvalue weighted by atomic mass is 15.2. The van der Waals surface area contributed by atoms with Gasteiger partial charge in [0, 0.05) is 11.5 Å². The van der Waals surface area contributed by atoms with Gasteiger partial charge in [-0.1, -0.05) is 86.8 Å². The fourth-order valence-electron chi connectivity index (χ4n) is 5.69. The van der Waals surface area contributed by atoms with Crippen LogP contribution in [-0.4, -0.2) is 24.0 Å². The molecule has 27 heavy (non-hydrogen) atoms. The SMILES string of the molecule is CCCCCC(CC1CC2CCN1CC2)(c1ccccc1)c1ccccc1. The summed E-state index contributed by atoms with van der Waals surface area (Å²) in [7, 11) is 0. The number of hydrogen-bond donors (Lipinski definition) is 0. The van der Waals surface area contributed by atoms with Gasteiger partial charge in [0.15, 0.2) is 0 Å². The van der Waals surface area contributed by atoms with Gasteiger partial charge < -0.3 is 4.90 Å². The molecule has 5 rings (SSSR count). The highest BCUT2D eigenvalue weighted by molar-refractivity contribution is 5.39. The van der Waals surface area contributed by atoms with Crippen LogP contribution in [0.1, 0.15) is 69.4 Å². The van der Waals surface area contributed by atoms with Crippen LogP contribution in [0.4, 0.5) is 0 Å². The fraction of sp³-hybridized carbons (Fsp3) is 0.538. The quantitative estimate of drug-likeness (QED) is 0.490. The summed E-state index contributed by atoms with van der Waals surface area (Å²) in [6, 6.07) is 23.6. The summed E-state index contributed by atoms with van der Waals surface area (Å²) < 4.78 is 0. The van der Waals surface area contributed by atoms with Gasteiger partial charge in [0.1, 0.15) is 0 Å². The maximum absolute atomic E-state index is 2.81. The van der Waals surface area contributed by atoms with Crippen molar-refractivity contribution < 1.29 is 0 Å². The second kappa shape index (κ2) is 8.61. The maximum atomic E-state index is 2.81. The van der Waals surface area contributed by atoms with Crippen molar-refractivity contribution in [2.24, 2.45) is 5.92 Å². The van der Waals surface area contributed by atoms with E-state index in [-0.39, 0.29) is 5.41 Å². The summed E-state index contributed by atoms with van der Waals surface area (Å²) in [5.41, 5.74) is 3.20. The van der Waals surface area contributed by atoms with Gasteiger partial charge in [0.25, 0.3) is 0 Å². The molecule has 3 saturated heterocycles. The first-order chi connectivity index (χ1) is 13.3. The van der Waals surface area contributed by atoms with E-state index in [1.807, 2.05) is 0 Å². The molecule has 0 spiro atoms. The zero-order chi connectivity index (χ0) is 18.5. The number of fused-ring (bicyclic) bond motifs is 3. The van der Waals surface area contributed by atoms with E-state index in [4.69, 9.17) is 0 Å². The average Bonchev–Trinajstić information content (AvgIpc) is 2.75. The minimum Gasteiger partial charge on any atom is -0.300 e. The van der Waals surface area contributed by atoms with Crippen LogP contribution in [0.3, 0.4) is 0 Å². The van der Waals surface area contributed by atoms with Crippen LogP contribution in [0.15, 0.2) is 60.7 Å². The van der Waals surface area contributed by atoms with Gasteiger partial charge in [-0.2, -0.15) is 0 Å². The molecule has 0 aromatic heterocycles. The molecule has 3 heterocycles. The topological polar surface area (TPSA) is 3.24 Å². The van der Waals surface area contributed by atoms with Gasteiger partial charge in [-0.3, -0.25) is 0 Å². The molecule has 0 radical (unpaired) electrons. The minimum absolute atomic E-state index is 0.153. The molecule has 3 aliphatic rings. The Balaban J connectivity index is 1.72. The number of rotatable bonds is 8. The molecule has 0 aliphatic carbocycles. The highest BCUT2D eigenvalue weighted by Crippen LogP contribution is 2.45. The van der Waals surface area contributed by atoms with Gasteiger partial charge in [0.2, 0.25) is 0 Å². The highest BCUT2D eigenvalue weighted by Gasteiger charge is 2.41. The monoisotopic (exact) mass is 361 g/mol. The molecule has 1 atom stereocenters. The lowest BCUT2D eigenvalue weighted by atomic mass is 9.65. The van der Waals surface area contributed by atoms with Crippen molar-refractivity contribution in [1.82, 2.24) is 4.90 Å². The predicted molar refractivity (Wildman–Crippen MR) is 115 cm³/mol. The molecule has 1 nitrogen and oxygen atoms in total. The second-order valence-electron chi connectivity index (χ2n) is 8.84. The Kier molecular flexibility index (Phi) is 5.98. The summed E-state index contributed by atoms with van der Waals surface area (Å²) >= 11 is 0. The summed E-state index contributed by atoms with van der Waals surface area (Å²) in [5.74, 6) is 0.972. The van der Waals surface area contributed by atoms with Crippen LogP contribution < -0.4 is 0 Å². The van der Waals surface area contributed by atoms with E-state index in [0.29, 0.717) is 0 Å². The summed E-state index contributed by atoms with van der Waals surface area (Å²) in [4.78, 5) is 2.81. The van der Waals surface area contributed by atoms with Crippen molar-refractivity contribution in [3.05, 3.63) is 71.8 Å². The molecular weight excluding hydrogens is 326 g/mol. The number of nitrogens with zero attached hydrogens (tertiary/aromatic N) is 1. The summed E-state index contributed by atoms with van der Waals surface area (Å²) in [6.07, 6.45) is 10.7. The smallest absolute Gasteiger partial charge is 0.0217 e. The van der Waals surface area contributed by atoms with E-state index in [1.165, 1.54) is 75.6 Å². The lowest BCUT2D eigenvalue weighted by Crippen LogP contribution is -2.51. The van der Waals surface area contributed by atoms with Gasteiger partial charge in [-0.25, -0.2) is 0 Å². The first kappa shape index (κ1) is 18.7. The molecule has 3 fully saturated rings. The van der Waals surface area contributed by atoms with Crippen LogP contribution >= 0.6 is 0 Å². The predicted octanol–water partition coefficient (Wildman–Crippen LogP) is 6.43. The van der Waals surface area contributed by atoms with E-state index in [2.05, 4.69) is 72.5 Å². The molecule has 0 amide bonds. The maximum Gasteiger partial charge on any atom is 0.0217 e. The number of benzene rings is 2. The first-order valence-electron chi connectivity index (χ1n) is 11.2. The standard InChI is InChI=1S/C26H35N/c1-2-3-10-17-26(23-11-6-4-7-12-23,24-13-8-5-9-14-24)21-25-20-22-15-18-27(25)19-16-22/h4-9,11-14,22,25H,2-3,10,15-21H2,1H3. The molecule has 1 heteroatoms. The second-order valence-corrected chi connectivity index (χ2v) is 8.84. The van der Waals surface area contributed by atoms with E-state index < -0.39 is 0 Å². The molecule has 3 aliphatic heterocycles. The summed E-state index contributed by atoms with van der Waals surface area (Å²) in [6.45, 7) is 4.96. The van der Waals surface area contributed by atoms with Crippen molar-refractivity contribution in [2.75, 3.05) is 13.1 Å². The number of piperidine rings is 3. The Morgan fingerprint density at radius 3 is 1.93 bits per heavy atom. The van der Waals surface area contributed by atoms with Crippen molar-refractivity contribution in [3.63, 3.8) is 0 Å². The van der Waals surface area contributed by atoms with E-state index in [1.54, 1.807) is 0 Å². The van der Waals surface area contributed by atoms with E-state index in [0.717, 1.165) is 12.0 Å². The summed E-state index contributed by atoms with van der Waals surface area (Å²) in [5, 5.41) is 0.